The van der Waals surface area contributed by atoms with Crippen LogP contribution < -0.4 is 5.43 Å². The summed E-state index contributed by atoms with van der Waals surface area (Å²) in [4.78, 5) is 19.6. The van der Waals surface area contributed by atoms with Gasteiger partial charge in [-0.25, -0.2) is 10.0 Å². The van der Waals surface area contributed by atoms with Crippen LogP contribution in [0.5, 0.6) is 0 Å². The SMILES string of the molecule is CC(N[N+](=O)O)C(=O)O. The summed E-state index contributed by atoms with van der Waals surface area (Å²) in [6, 6.07) is -1.08. The summed E-state index contributed by atoms with van der Waals surface area (Å²) in [5.74, 6) is -1.20. The summed E-state index contributed by atoms with van der Waals surface area (Å²) in [5.41, 5.74) is 1.68. The van der Waals surface area contributed by atoms with E-state index in [1.807, 2.05) is 0 Å². The minimum absolute atomic E-state index is 0.640. The predicted octanol–water partition coefficient (Wildman–Crippen LogP) is -0.868. The zero-order valence-corrected chi connectivity index (χ0v) is 4.74. The molecule has 0 heterocycles. The summed E-state index contributed by atoms with van der Waals surface area (Å²) >= 11 is 0. The maximum atomic E-state index is 9.90. The van der Waals surface area contributed by atoms with Crippen molar-refractivity contribution in [1.82, 2.24) is 5.43 Å². The van der Waals surface area contributed by atoms with Crippen LogP contribution in [0.15, 0.2) is 0 Å². The van der Waals surface area contributed by atoms with Gasteiger partial charge in [0.2, 0.25) is 0 Å². The zero-order chi connectivity index (χ0) is 7.44. The smallest absolute Gasteiger partial charge is 0.355 e. The molecule has 3 N–H and O–H groups in total. The molecule has 0 aromatic heterocycles. The Morgan fingerprint density at radius 1 is 1.78 bits per heavy atom. The van der Waals surface area contributed by atoms with Gasteiger partial charge in [-0.2, -0.15) is 0 Å². The van der Waals surface area contributed by atoms with Gasteiger partial charge in [-0.1, -0.05) is 5.43 Å². The molecular formula is C3H7N2O4+. The lowest BCUT2D eigenvalue weighted by Gasteiger charge is -1.95. The van der Waals surface area contributed by atoms with Gasteiger partial charge in [0, 0.05) is 0 Å². The molecule has 0 aromatic carbocycles. The Morgan fingerprint density at radius 3 is 2.33 bits per heavy atom. The monoisotopic (exact) mass is 135 g/mol. The van der Waals surface area contributed by atoms with Gasteiger partial charge in [-0.05, 0) is 6.92 Å². The van der Waals surface area contributed by atoms with Gasteiger partial charge in [0.25, 0.3) is 0 Å². The number of carboxylic acids is 1. The highest BCUT2D eigenvalue weighted by molar-refractivity contribution is 5.72. The van der Waals surface area contributed by atoms with E-state index in [1.54, 1.807) is 5.43 Å². The van der Waals surface area contributed by atoms with E-state index in [2.05, 4.69) is 0 Å². The topological polar surface area (TPSA) is 89.6 Å². The molecule has 0 saturated heterocycles. The van der Waals surface area contributed by atoms with Crippen LogP contribution in [0.25, 0.3) is 0 Å². The molecule has 52 valence electrons. The normalized spacial score (nSPS) is 12.1. The highest BCUT2D eigenvalue weighted by atomic mass is 16.7. The number of carbonyl (C=O) groups is 1. The van der Waals surface area contributed by atoms with Crippen LogP contribution in [-0.2, 0) is 4.79 Å². The molecule has 0 amide bonds. The first-order valence-corrected chi connectivity index (χ1v) is 2.19. The minimum Gasteiger partial charge on any atom is -0.480 e. The number of carboxylic acid groups (broad SMARTS) is 1. The first-order chi connectivity index (χ1) is 4.04. The Labute approximate surface area is 50.6 Å². The number of hydrogen-bond acceptors (Lipinski definition) is 2. The molecule has 0 aliphatic heterocycles. The molecule has 0 aliphatic rings. The third-order valence-electron chi connectivity index (χ3n) is 0.675. The standard InChI is InChI=1S/C3H6N2O4/c1-2(3(6)7)4-5(8)9/h2,4H,1H3,(H-,6,7,8,9)/p+1. The van der Waals surface area contributed by atoms with Gasteiger partial charge in [0.05, 0.1) is 0 Å². The Balaban J connectivity index is 3.63. The third kappa shape index (κ3) is 3.27. The summed E-state index contributed by atoms with van der Waals surface area (Å²) < 4.78 is 0. The molecular weight excluding hydrogens is 128 g/mol. The fraction of sp³-hybridized carbons (Fsp3) is 0.667. The van der Waals surface area contributed by atoms with Crippen molar-refractivity contribution in [3.05, 3.63) is 4.91 Å². The Kier molecular flexibility index (Phi) is 2.43. The van der Waals surface area contributed by atoms with Crippen LogP contribution in [0.2, 0.25) is 0 Å². The predicted molar refractivity (Wildman–Crippen MR) is 25.6 cm³/mol. The summed E-state index contributed by atoms with van der Waals surface area (Å²) in [6.07, 6.45) is 0. The van der Waals surface area contributed by atoms with E-state index in [-0.39, 0.29) is 0 Å². The number of hydrogen-bond donors (Lipinski definition) is 3. The second-order valence-electron chi connectivity index (χ2n) is 1.46. The van der Waals surface area contributed by atoms with E-state index >= 15 is 0 Å². The number of aliphatic carboxylic acids is 1. The van der Waals surface area contributed by atoms with Gasteiger partial charge in [-0.15, -0.1) is 0 Å². The minimum atomic E-state index is -1.20. The van der Waals surface area contributed by atoms with E-state index in [1.165, 1.54) is 6.92 Å². The largest absolute Gasteiger partial charge is 0.480 e. The van der Waals surface area contributed by atoms with Crippen molar-refractivity contribution < 1.29 is 20.1 Å². The molecule has 0 radical (unpaired) electrons. The summed E-state index contributed by atoms with van der Waals surface area (Å²) in [7, 11) is 0. The van der Waals surface area contributed by atoms with E-state index in [0.717, 1.165) is 0 Å². The fourth-order valence-electron chi connectivity index (χ4n) is 0.221. The molecule has 0 spiro atoms. The first-order valence-electron chi connectivity index (χ1n) is 2.19. The van der Waals surface area contributed by atoms with Crippen LogP contribution in [0.3, 0.4) is 0 Å². The lowest BCUT2D eigenvalue weighted by Crippen LogP contribution is -2.38. The maximum Gasteiger partial charge on any atom is 0.355 e. The average molecular weight is 135 g/mol. The van der Waals surface area contributed by atoms with E-state index in [9.17, 15) is 9.70 Å². The molecule has 0 saturated carbocycles. The zero-order valence-electron chi connectivity index (χ0n) is 4.74. The first kappa shape index (κ1) is 7.67. The number of hydrazine groups is 1. The molecule has 0 fully saturated rings. The Morgan fingerprint density at radius 2 is 2.22 bits per heavy atom. The molecule has 6 heteroatoms. The van der Waals surface area contributed by atoms with Crippen LogP contribution in [0, 0.1) is 4.91 Å². The van der Waals surface area contributed by atoms with Gasteiger partial charge < -0.3 is 5.11 Å². The van der Waals surface area contributed by atoms with Gasteiger partial charge in [-0.3, -0.25) is 0 Å². The second-order valence-corrected chi connectivity index (χ2v) is 1.46. The van der Waals surface area contributed by atoms with Crippen molar-refractivity contribution in [1.29, 1.82) is 0 Å². The van der Waals surface area contributed by atoms with Crippen LogP contribution in [0.1, 0.15) is 6.92 Å². The van der Waals surface area contributed by atoms with Crippen molar-refractivity contribution in [3.63, 3.8) is 0 Å². The van der Waals surface area contributed by atoms with Crippen LogP contribution in [0.4, 0.5) is 0 Å². The van der Waals surface area contributed by atoms with Gasteiger partial charge in [0.1, 0.15) is 4.91 Å². The molecule has 1 unspecified atom stereocenters. The Bertz CT molecular complexity index is 134. The second kappa shape index (κ2) is 2.85. The highest BCUT2D eigenvalue weighted by Crippen LogP contribution is 1.77. The molecule has 0 aliphatic carbocycles. The van der Waals surface area contributed by atoms with Crippen molar-refractivity contribution in [2.75, 3.05) is 0 Å². The van der Waals surface area contributed by atoms with Crippen LogP contribution in [-0.4, -0.2) is 27.4 Å². The molecule has 9 heavy (non-hydrogen) atoms. The average Bonchev–Trinajstić information content (AvgIpc) is 1.63. The number of nitrogens with zero attached hydrogens (tertiary/aromatic N) is 1. The van der Waals surface area contributed by atoms with Crippen molar-refractivity contribution >= 4 is 5.97 Å². The maximum absolute atomic E-state index is 9.90. The molecule has 1 atom stereocenters. The summed E-state index contributed by atoms with van der Waals surface area (Å²) in [6.45, 7) is 1.23. The van der Waals surface area contributed by atoms with Crippen LogP contribution >= 0.6 is 0 Å². The summed E-state index contributed by atoms with van der Waals surface area (Å²) in [5, 5.41) is 15.3. The lowest BCUT2D eigenvalue weighted by molar-refractivity contribution is -0.834. The number of nitrogens with one attached hydrogen (secondary N) is 1. The van der Waals surface area contributed by atoms with E-state index in [0.29, 0.717) is 0 Å². The molecule has 0 aromatic rings. The quantitative estimate of drug-likeness (QED) is 0.438. The van der Waals surface area contributed by atoms with Crippen molar-refractivity contribution in [2.45, 2.75) is 13.0 Å². The highest BCUT2D eigenvalue weighted by Gasteiger charge is 2.17. The van der Waals surface area contributed by atoms with Crippen molar-refractivity contribution in [3.8, 4) is 0 Å². The van der Waals surface area contributed by atoms with Crippen molar-refractivity contribution in [2.24, 2.45) is 0 Å². The van der Waals surface area contributed by atoms with Gasteiger partial charge in [0.15, 0.2) is 6.04 Å². The number of rotatable bonds is 3. The van der Waals surface area contributed by atoms with E-state index < -0.39 is 17.0 Å². The Hall–Kier alpha value is -1.33. The van der Waals surface area contributed by atoms with E-state index in [4.69, 9.17) is 10.3 Å². The van der Waals surface area contributed by atoms with Gasteiger partial charge >= 0.3 is 11.0 Å². The molecule has 0 bridgehead atoms. The molecule has 6 nitrogen and oxygen atoms in total. The molecule has 0 rings (SSSR count). The lowest BCUT2D eigenvalue weighted by atomic mass is 10.4. The third-order valence-corrected chi connectivity index (χ3v) is 0.675. The fourth-order valence-corrected chi connectivity index (χ4v) is 0.221.